The van der Waals surface area contributed by atoms with E-state index in [4.69, 9.17) is 5.73 Å². The summed E-state index contributed by atoms with van der Waals surface area (Å²) < 4.78 is 0. The number of nitrogens with two attached hydrogens (primary N) is 1. The van der Waals surface area contributed by atoms with E-state index in [1.54, 1.807) is 0 Å². The van der Waals surface area contributed by atoms with Gasteiger partial charge in [0.05, 0.1) is 5.54 Å². The zero-order valence-electron chi connectivity index (χ0n) is 12.0. The first kappa shape index (κ1) is 13.8. The molecule has 0 radical (unpaired) electrons. The monoisotopic (exact) mass is 253 g/mol. The van der Waals surface area contributed by atoms with E-state index in [0.29, 0.717) is 6.04 Å². The largest absolute Gasteiger partial charge is 0.368 e. The van der Waals surface area contributed by atoms with Crippen LogP contribution in [0.4, 0.5) is 0 Å². The maximum Gasteiger partial charge on any atom is 0.237 e. The van der Waals surface area contributed by atoms with E-state index < -0.39 is 5.54 Å². The zero-order chi connectivity index (χ0) is 13.4. The van der Waals surface area contributed by atoms with Gasteiger partial charge in [0, 0.05) is 11.6 Å². The fourth-order valence-electron chi connectivity index (χ4n) is 3.89. The third-order valence-electron chi connectivity index (χ3n) is 5.08. The van der Waals surface area contributed by atoms with Crippen molar-refractivity contribution in [3.8, 4) is 0 Å². The second-order valence-corrected chi connectivity index (χ2v) is 6.56. The minimum Gasteiger partial charge on any atom is -0.368 e. The van der Waals surface area contributed by atoms with Crippen molar-refractivity contribution in [2.75, 3.05) is 13.6 Å². The van der Waals surface area contributed by atoms with Gasteiger partial charge in [0.2, 0.25) is 5.91 Å². The summed E-state index contributed by atoms with van der Waals surface area (Å²) in [5.41, 5.74) is 5.41. The van der Waals surface area contributed by atoms with Gasteiger partial charge in [-0.1, -0.05) is 0 Å². The highest BCUT2D eigenvalue weighted by molar-refractivity contribution is 5.84. The molecule has 0 aromatic heterocycles. The number of rotatable bonds is 3. The zero-order valence-corrected chi connectivity index (χ0v) is 12.0. The SMILES string of the molecule is CNC1(C(N)=O)CCCC(N2CCCC2(C)C)C1. The second-order valence-electron chi connectivity index (χ2n) is 6.56. The Hall–Kier alpha value is -0.610. The van der Waals surface area contributed by atoms with Gasteiger partial charge in [-0.25, -0.2) is 0 Å². The normalized spacial score (nSPS) is 36.7. The lowest BCUT2D eigenvalue weighted by Crippen LogP contribution is -2.60. The van der Waals surface area contributed by atoms with Crippen molar-refractivity contribution in [3.63, 3.8) is 0 Å². The van der Waals surface area contributed by atoms with Crippen LogP contribution in [0, 0.1) is 0 Å². The summed E-state index contributed by atoms with van der Waals surface area (Å²) in [5.74, 6) is -0.188. The van der Waals surface area contributed by atoms with Crippen molar-refractivity contribution in [1.82, 2.24) is 10.2 Å². The number of carbonyl (C=O) groups is 1. The Bertz CT molecular complexity index is 329. The van der Waals surface area contributed by atoms with E-state index in [9.17, 15) is 4.79 Å². The molecule has 3 N–H and O–H groups in total. The van der Waals surface area contributed by atoms with Crippen molar-refractivity contribution < 1.29 is 4.79 Å². The van der Waals surface area contributed by atoms with Crippen LogP contribution < -0.4 is 11.1 Å². The lowest BCUT2D eigenvalue weighted by Gasteiger charge is -2.46. The number of hydrogen-bond donors (Lipinski definition) is 2. The summed E-state index contributed by atoms with van der Waals surface area (Å²) in [7, 11) is 1.86. The van der Waals surface area contributed by atoms with Gasteiger partial charge in [-0.05, 0) is 66.0 Å². The van der Waals surface area contributed by atoms with Crippen molar-refractivity contribution in [3.05, 3.63) is 0 Å². The molecule has 1 aliphatic heterocycles. The van der Waals surface area contributed by atoms with Crippen LogP contribution in [0.15, 0.2) is 0 Å². The number of carbonyl (C=O) groups excluding carboxylic acids is 1. The highest BCUT2D eigenvalue weighted by Crippen LogP contribution is 2.38. The average Bonchev–Trinajstić information content (AvgIpc) is 2.68. The Morgan fingerprint density at radius 3 is 2.56 bits per heavy atom. The highest BCUT2D eigenvalue weighted by Gasteiger charge is 2.45. The maximum atomic E-state index is 11.8. The van der Waals surface area contributed by atoms with Gasteiger partial charge in [-0.3, -0.25) is 9.69 Å². The first-order chi connectivity index (χ1) is 8.41. The van der Waals surface area contributed by atoms with Gasteiger partial charge >= 0.3 is 0 Å². The number of primary amides is 1. The van der Waals surface area contributed by atoms with Crippen LogP contribution >= 0.6 is 0 Å². The summed E-state index contributed by atoms with van der Waals surface area (Å²) in [6.07, 6.45) is 6.55. The summed E-state index contributed by atoms with van der Waals surface area (Å²) in [6, 6.07) is 0.496. The van der Waals surface area contributed by atoms with Crippen LogP contribution in [0.1, 0.15) is 52.4 Å². The summed E-state index contributed by atoms with van der Waals surface area (Å²) >= 11 is 0. The van der Waals surface area contributed by atoms with E-state index in [2.05, 4.69) is 24.1 Å². The van der Waals surface area contributed by atoms with Crippen molar-refractivity contribution in [2.24, 2.45) is 5.73 Å². The third kappa shape index (κ3) is 2.28. The predicted molar refractivity (Wildman–Crippen MR) is 73.3 cm³/mol. The topological polar surface area (TPSA) is 58.4 Å². The Morgan fingerprint density at radius 2 is 2.06 bits per heavy atom. The van der Waals surface area contributed by atoms with Crippen LogP contribution in [0.3, 0.4) is 0 Å². The molecule has 0 spiro atoms. The molecule has 2 atom stereocenters. The molecule has 1 saturated carbocycles. The standard InChI is InChI=1S/C14H27N3O/c1-13(2)7-5-9-17(13)11-6-4-8-14(10-11,16-3)12(15)18/h11,16H,4-10H2,1-3H3,(H2,15,18). The van der Waals surface area contributed by atoms with Crippen LogP contribution in [0.2, 0.25) is 0 Å². The quantitative estimate of drug-likeness (QED) is 0.796. The van der Waals surface area contributed by atoms with Gasteiger partial charge in [0.15, 0.2) is 0 Å². The Labute approximate surface area is 110 Å². The number of nitrogens with one attached hydrogen (secondary N) is 1. The molecule has 104 valence electrons. The maximum absolute atomic E-state index is 11.8. The summed E-state index contributed by atoms with van der Waals surface area (Å²) in [5, 5.41) is 3.20. The molecule has 2 rings (SSSR count). The van der Waals surface area contributed by atoms with Crippen molar-refractivity contribution >= 4 is 5.91 Å². The number of likely N-dealkylation sites (N-methyl/N-ethyl adjacent to an activating group) is 1. The smallest absolute Gasteiger partial charge is 0.237 e. The number of nitrogens with zero attached hydrogens (tertiary/aromatic N) is 1. The van der Waals surface area contributed by atoms with E-state index in [0.717, 1.165) is 25.8 Å². The molecule has 2 fully saturated rings. The fourth-order valence-corrected chi connectivity index (χ4v) is 3.89. The molecular weight excluding hydrogens is 226 g/mol. The predicted octanol–water partition coefficient (Wildman–Crippen LogP) is 1.25. The Morgan fingerprint density at radius 1 is 1.33 bits per heavy atom. The number of likely N-dealkylation sites (tertiary alicyclic amines) is 1. The molecule has 1 saturated heterocycles. The van der Waals surface area contributed by atoms with Crippen molar-refractivity contribution in [1.29, 1.82) is 0 Å². The van der Waals surface area contributed by atoms with Crippen LogP contribution in [0.5, 0.6) is 0 Å². The summed E-state index contributed by atoms with van der Waals surface area (Å²) in [4.78, 5) is 14.4. The molecule has 18 heavy (non-hydrogen) atoms. The van der Waals surface area contributed by atoms with Gasteiger partial charge < -0.3 is 11.1 Å². The van der Waals surface area contributed by atoms with Gasteiger partial charge in [-0.2, -0.15) is 0 Å². The molecule has 1 aliphatic carbocycles. The molecule has 4 nitrogen and oxygen atoms in total. The molecule has 1 heterocycles. The minimum absolute atomic E-state index is 0.188. The first-order valence-electron chi connectivity index (χ1n) is 7.17. The average molecular weight is 253 g/mol. The van der Waals surface area contributed by atoms with Crippen LogP contribution in [-0.4, -0.2) is 41.5 Å². The number of amides is 1. The van der Waals surface area contributed by atoms with Crippen LogP contribution in [0.25, 0.3) is 0 Å². The molecular formula is C14H27N3O. The first-order valence-corrected chi connectivity index (χ1v) is 7.17. The Kier molecular flexibility index (Phi) is 3.70. The van der Waals surface area contributed by atoms with Crippen molar-refractivity contribution in [2.45, 2.75) is 69.5 Å². The molecule has 0 aromatic carbocycles. The Balaban J connectivity index is 2.13. The number of hydrogen-bond acceptors (Lipinski definition) is 3. The molecule has 0 aromatic rings. The molecule has 2 unspecified atom stereocenters. The minimum atomic E-state index is -0.485. The molecule has 4 heteroatoms. The van der Waals surface area contributed by atoms with E-state index in [1.807, 2.05) is 7.05 Å². The fraction of sp³-hybridized carbons (Fsp3) is 0.929. The van der Waals surface area contributed by atoms with Gasteiger partial charge in [0.1, 0.15) is 0 Å². The van der Waals surface area contributed by atoms with E-state index >= 15 is 0 Å². The summed E-state index contributed by atoms with van der Waals surface area (Å²) in [6.45, 7) is 5.80. The third-order valence-corrected chi connectivity index (χ3v) is 5.08. The van der Waals surface area contributed by atoms with E-state index in [-0.39, 0.29) is 11.4 Å². The molecule has 2 aliphatic rings. The second kappa shape index (κ2) is 4.82. The molecule has 1 amide bonds. The van der Waals surface area contributed by atoms with Gasteiger partial charge in [0.25, 0.3) is 0 Å². The lowest BCUT2D eigenvalue weighted by molar-refractivity contribution is -0.126. The van der Waals surface area contributed by atoms with E-state index in [1.165, 1.54) is 19.3 Å². The molecule has 0 bridgehead atoms. The lowest BCUT2D eigenvalue weighted by atomic mass is 9.77. The van der Waals surface area contributed by atoms with Crippen LogP contribution in [-0.2, 0) is 4.79 Å². The van der Waals surface area contributed by atoms with Gasteiger partial charge in [-0.15, -0.1) is 0 Å². The highest BCUT2D eigenvalue weighted by atomic mass is 16.1.